The van der Waals surface area contributed by atoms with Crippen molar-refractivity contribution in [3.05, 3.63) is 16.7 Å². The van der Waals surface area contributed by atoms with Gasteiger partial charge in [0.2, 0.25) is 11.2 Å². The Hall–Kier alpha value is -1.40. The maximum absolute atomic E-state index is 10.8. The average Bonchev–Trinajstić information content (AvgIpc) is 2.63. The zero-order chi connectivity index (χ0) is 12.4. The third kappa shape index (κ3) is 2.83. The van der Waals surface area contributed by atoms with E-state index in [4.69, 9.17) is 17.3 Å². The van der Waals surface area contributed by atoms with Crippen LogP contribution >= 0.6 is 22.9 Å². The number of amides is 1. The molecule has 2 heterocycles. The van der Waals surface area contributed by atoms with E-state index >= 15 is 0 Å². The predicted octanol–water partition coefficient (Wildman–Crippen LogP) is 2.02. The number of halogens is 1. The summed E-state index contributed by atoms with van der Waals surface area (Å²) in [6, 6.07) is 1.82. The molecule has 0 aliphatic carbocycles. The first kappa shape index (κ1) is 12.1. The molecule has 1 unspecified atom stereocenters. The molecule has 17 heavy (non-hydrogen) atoms. The molecule has 7 heteroatoms. The van der Waals surface area contributed by atoms with E-state index in [1.165, 1.54) is 11.3 Å². The first-order valence-electron chi connectivity index (χ1n) is 5.02. The summed E-state index contributed by atoms with van der Waals surface area (Å²) in [5.74, 6) is 0.279. The molecule has 0 aromatic carbocycles. The van der Waals surface area contributed by atoms with Crippen LogP contribution < -0.4 is 11.1 Å². The van der Waals surface area contributed by atoms with Crippen LogP contribution in [0.2, 0.25) is 5.28 Å². The SMILES string of the molecule is CC(CC(N)=O)Nc1nc(Cl)nc2sccc12. The summed E-state index contributed by atoms with van der Waals surface area (Å²) < 4.78 is 0. The smallest absolute Gasteiger partial charge is 0.225 e. The Morgan fingerprint density at radius 1 is 1.65 bits per heavy atom. The van der Waals surface area contributed by atoms with E-state index in [9.17, 15) is 4.79 Å². The maximum Gasteiger partial charge on any atom is 0.225 e. The van der Waals surface area contributed by atoms with Gasteiger partial charge in [-0.3, -0.25) is 4.79 Å². The highest BCUT2D eigenvalue weighted by molar-refractivity contribution is 7.16. The minimum Gasteiger partial charge on any atom is -0.370 e. The van der Waals surface area contributed by atoms with Crippen LogP contribution in [0.15, 0.2) is 11.4 Å². The van der Waals surface area contributed by atoms with Gasteiger partial charge in [-0.1, -0.05) is 0 Å². The van der Waals surface area contributed by atoms with Crippen LogP contribution in [0, 0.1) is 0 Å². The minimum absolute atomic E-state index is 0.0958. The third-order valence-corrected chi connectivity index (χ3v) is 3.16. The number of nitrogens with one attached hydrogen (secondary N) is 1. The van der Waals surface area contributed by atoms with Crippen molar-refractivity contribution in [1.29, 1.82) is 0 Å². The number of nitrogens with zero attached hydrogens (tertiary/aromatic N) is 2. The molecule has 0 fully saturated rings. The molecule has 0 spiro atoms. The number of carbonyl (C=O) groups excluding carboxylic acids is 1. The summed E-state index contributed by atoms with van der Waals surface area (Å²) in [6.07, 6.45) is 0.243. The van der Waals surface area contributed by atoms with Gasteiger partial charge in [0.25, 0.3) is 0 Å². The second kappa shape index (κ2) is 4.85. The molecule has 2 aromatic rings. The van der Waals surface area contributed by atoms with E-state index in [0.29, 0.717) is 5.82 Å². The molecule has 90 valence electrons. The number of rotatable bonds is 4. The lowest BCUT2D eigenvalue weighted by Gasteiger charge is -2.13. The Kier molecular flexibility index (Phi) is 3.44. The van der Waals surface area contributed by atoms with Crippen molar-refractivity contribution in [3.8, 4) is 0 Å². The number of hydrogen-bond acceptors (Lipinski definition) is 5. The fourth-order valence-electron chi connectivity index (χ4n) is 1.53. The first-order valence-corrected chi connectivity index (χ1v) is 6.27. The van der Waals surface area contributed by atoms with Crippen LogP contribution in [-0.4, -0.2) is 21.9 Å². The number of fused-ring (bicyclic) bond motifs is 1. The number of anilines is 1. The molecule has 0 aliphatic rings. The number of primary amides is 1. The normalized spacial score (nSPS) is 12.6. The Labute approximate surface area is 107 Å². The van der Waals surface area contributed by atoms with Crippen molar-refractivity contribution in [2.75, 3.05) is 5.32 Å². The molecule has 2 rings (SSSR count). The molecule has 1 amide bonds. The van der Waals surface area contributed by atoms with Crippen molar-refractivity contribution < 1.29 is 4.79 Å². The Morgan fingerprint density at radius 2 is 2.41 bits per heavy atom. The molecule has 1 atom stereocenters. The van der Waals surface area contributed by atoms with E-state index in [1.54, 1.807) is 0 Å². The summed E-state index contributed by atoms with van der Waals surface area (Å²) in [6.45, 7) is 1.86. The summed E-state index contributed by atoms with van der Waals surface area (Å²) >= 11 is 7.31. The average molecular weight is 271 g/mol. The van der Waals surface area contributed by atoms with E-state index < -0.39 is 0 Å². The van der Waals surface area contributed by atoms with Crippen molar-refractivity contribution in [2.45, 2.75) is 19.4 Å². The summed E-state index contributed by atoms with van der Waals surface area (Å²) in [5, 5.41) is 6.12. The van der Waals surface area contributed by atoms with E-state index in [2.05, 4.69) is 15.3 Å². The van der Waals surface area contributed by atoms with Gasteiger partial charge in [-0.15, -0.1) is 11.3 Å². The van der Waals surface area contributed by atoms with Gasteiger partial charge < -0.3 is 11.1 Å². The predicted molar refractivity (Wildman–Crippen MR) is 69.3 cm³/mol. The molecule has 0 aliphatic heterocycles. The maximum atomic E-state index is 10.8. The van der Waals surface area contributed by atoms with Crippen LogP contribution in [0.4, 0.5) is 5.82 Å². The lowest BCUT2D eigenvalue weighted by Crippen LogP contribution is -2.24. The highest BCUT2D eigenvalue weighted by Gasteiger charge is 2.11. The first-order chi connectivity index (χ1) is 8.06. The number of hydrogen-bond donors (Lipinski definition) is 2. The van der Waals surface area contributed by atoms with Crippen LogP contribution in [0.1, 0.15) is 13.3 Å². The van der Waals surface area contributed by atoms with Gasteiger partial charge in [-0.05, 0) is 30.0 Å². The molecule has 0 saturated carbocycles. The topological polar surface area (TPSA) is 80.9 Å². The van der Waals surface area contributed by atoms with Gasteiger partial charge in [0.15, 0.2) is 0 Å². The van der Waals surface area contributed by atoms with Crippen LogP contribution in [-0.2, 0) is 4.79 Å². The highest BCUT2D eigenvalue weighted by Crippen LogP contribution is 2.26. The molecular formula is C10H11ClN4OS. The quantitative estimate of drug-likeness (QED) is 0.833. The summed E-state index contributed by atoms with van der Waals surface area (Å²) in [4.78, 5) is 19.8. The number of thiophene rings is 1. The fourth-order valence-corrected chi connectivity index (χ4v) is 2.51. The largest absolute Gasteiger partial charge is 0.370 e. The molecule has 3 N–H and O–H groups in total. The summed E-state index contributed by atoms with van der Waals surface area (Å²) in [7, 11) is 0. The summed E-state index contributed by atoms with van der Waals surface area (Å²) in [5.41, 5.74) is 5.13. The van der Waals surface area contributed by atoms with Crippen LogP contribution in [0.5, 0.6) is 0 Å². The molecule has 2 aromatic heterocycles. The van der Waals surface area contributed by atoms with Crippen molar-refractivity contribution >= 4 is 44.9 Å². The number of carbonyl (C=O) groups is 1. The van der Waals surface area contributed by atoms with Gasteiger partial charge in [0, 0.05) is 12.5 Å². The van der Waals surface area contributed by atoms with Crippen LogP contribution in [0.3, 0.4) is 0 Å². The molecule has 0 radical (unpaired) electrons. The zero-order valence-corrected chi connectivity index (χ0v) is 10.7. The van der Waals surface area contributed by atoms with Gasteiger partial charge in [0.05, 0.1) is 5.39 Å². The number of nitrogens with two attached hydrogens (primary N) is 1. The van der Waals surface area contributed by atoms with Gasteiger partial charge in [0.1, 0.15) is 10.6 Å². The molecular weight excluding hydrogens is 260 g/mol. The van der Waals surface area contributed by atoms with Gasteiger partial charge in [-0.2, -0.15) is 0 Å². The zero-order valence-electron chi connectivity index (χ0n) is 9.11. The lowest BCUT2D eigenvalue weighted by atomic mass is 10.2. The second-order valence-electron chi connectivity index (χ2n) is 3.70. The van der Waals surface area contributed by atoms with Crippen molar-refractivity contribution in [2.24, 2.45) is 5.73 Å². The second-order valence-corrected chi connectivity index (χ2v) is 4.93. The van der Waals surface area contributed by atoms with Crippen molar-refractivity contribution in [1.82, 2.24) is 9.97 Å². The Bertz CT molecular complexity index is 556. The van der Waals surface area contributed by atoms with Crippen molar-refractivity contribution in [3.63, 3.8) is 0 Å². The Balaban J connectivity index is 2.28. The van der Waals surface area contributed by atoms with Gasteiger partial charge >= 0.3 is 0 Å². The van der Waals surface area contributed by atoms with Crippen LogP contribution in [0.25, 0.3) is 10.2 Å². The molecule has 5 nitrogen and oxygen atoms in total. The Morgan fingerprint density at radius 3 is 3.12 bits per heavy atom. The van der Waals surface area contributed by atoms with E-state index in [0.717, 1.165) is 10.2 Å². The third-order valence-electron chi connectivity index (χ3n) is 2.19. The molecule has 0 bridgehead atoms. The molecule has 0 saturated heterocycles. The van der Waals surface area contributed by atoms with E-state index in [1.807, 2.05) is 18.4 Å². The lowest BCUT2D eigenvalue weighted by molar-refractivity contribution is -0.118. The van der Waals surface area contributed by atoms with Gasteiger partial charge in [-0.25, -0.2) is 9.97 Å². The number of aromatic nitrogens is 2. The monoisotopic (exact) mass is 270 g/mol. The fraction of sp³-hybridized carbons (Fsp3) is 0.300. The van der Waals surface area contributed by atoms with E-state index in [-0.39, 0.29) is 23.7 Å². The highest BCUT2D eigenvalue weighted by atomic mass is 35.5. The standard InChI is InChI=1S/C10H11ClN4OS/c1-5(4-7(12)16)13-8-6-2-3-17-9(6)15-10(11)14-8/h2-3,5H,4H2,1H3,(H2,12,16)(H,13,14,15). The minimum atomic E-state index is -0.355.